The average molecular weight is 175 g/mol. The molecule has 0 spiro atoms. The van der Waals surface area contributed by atoms with Crippen molar-refractivity contribution >= 4 is 31.5 Å². The second-order valence-electron chi connectivity index (χ2n) is 1.45. The van der Waals surface area contributed by atoms with Crippen molar-refractivity contribution in [2.45, 2.75) is 0 Å². The van der Waals surface area contributed by atoms with Gasteiger partial charge in [-0.2, -0.15) is 4.20 Å². The van der Waals surface area contributed by atoms with Crippen LogP contribution in [0.15, 0.2) is 0 Å². The summed E-state index contributed by atoms with van der Waals surface area (Å²) in [6.07, 6.45) is 0. The highest BCUT2D eigenvalue weighted by Gasteiger charge is 2.10. The van der Waals surface area contributed by atoms with Crippen LogP contribution in [0.4, 0.5) is 0 Å². The first-order chi connectivity index (χ1) is 4.63. The summed E-state index contributed by atoms with van der Waals surface area (Å²) < 4.78 is 1.88. The van der Waals surface area contributed by atoms with Gasteiger partial charge in [-0.15, -0.1) is 0 Å². The molecule has 0 atom stereocenters. The molecule has 0 unspecified atom stereocenters. The van der Waals surface area contributed by atoms with E-state index in [9.17, 15) is 0 Å². The third kappa shape index (κ3) is 0.977. The van der Waals surface area contributed by atoms with Gasteiger partial charge in [-0.05, 0) is 0 Å². The second-order valence-corrected chi connectivity index (χ2v) is 2.12. The largest absolute Gasteiger partial charge is 0.612 e. The van der Waals surface area contributed by atoms with Crippen LogP contribution in [-0.2, 0) is 25.6 Å². The van der Waals surface area contributed by atoms with Crippen LogP contribution in [0, 0.1) is 5.41 Å². The summed E-state index contributed by atoms with van der Waals surface area (Å²) in [5.41, 5.74) is 5.06. The van der Waals surface area contributed by atoms with Crippen molar-refractivity contribution in [3.8, 4) is 0 Å². The van der Waals surface area contributed by atoms with E-state index in [4.69, 9.17) is 11.1 Å². The van der Waals surface area contributed by atoms with Gasteiger partial charge in [0.15, 0.2) is 11.0 Å². The molecule has 8 heteroatoms. The molecule has 1 rings (SSSR count). The number of nitrogens with zero attached hydrogens (tertiary/aromatic N) is 4. The summed E-state index contributed by atoms with van der Waals surface area (Å²) in [7, 11) is 0. The normalized spacial score (nSPS) is 9.60. The fourth-order valence-electron chi connectivity index (χ4n) is 0.393. The third-order valence-corrected chi connectivity index (χ3v) is 1.46. The molecule has 0 fully saturated rings. The van der Waals surface area contributed by atoms with Crippen molar-refractivity contribution in [3.05, 3.63) is 5.82 Å². The van der Waals surface area contributed by atoms with E-state index in [0.29, 0.717) is 0 Å². The summed E-state index contributed by atoms with van der Waals surface area (Å²) in [4.78, 5) is 0. The molecule has 0 saturated carbocycles. The Kier molecular flexibility index (Phi) is 1.64. The molecule has 0 radical (unpaired) electrons. The summed E-state index contributed by atoms with van der Waals surface area (Å²) in [5.74, 6) is -0.156. The molecular weight excluding hydrogens is 172 g/mol. The van der Waals surface area contributed by atoms with E-state index in [1.54, 1.807) is 0 Å². The van der Waals surface area contributed by atoms with Gasteiger partial charge in [0.25, 0.3) is 0 Å². The SMILES string of the molecule is N=C(N)c1nnn([S-])[n+]1[S-]. The fourth-order valence-corrected chi connectivity index (χ4v) is 0.675. The molecule has 6 nitrogen and oxygen atoms in total. The lowest BCUT2D eigenvalue weighted by Crippen LogP contribution is -2.42. The molecule has 0 amide bonds. The van der Waals surface area contributed by atoms with E-state index in [1.165, 1.54) is 0 Å². The first-order valence-electron chi connectivity index (χ1n) is 2.20. The van der Waals surface area contributed by atoms with Gasteiger partial charge >= 0.3 is 5.82 Å². The van der Waals surface area contributed by atoms with Gasteiger partial charge in [-0.25, -0.2) is 0 Å². The zero-order chi connectivity index (χ0) is 7.72. The molecule has 0 aliphatic rings. The molecule has 1 aromatic rings. The number of hydrogen-bond acceptors (Lipinski definition) is 5. The minimum absolute atomic E-state index is 0.0880. The Balaban J connectivity index is 3.17. The summed E-state index contributed by atoms with van der Waals surface area (Å²) in [5, 5.41) is 13.7. The number of nitrogen functional groups attached to an aromatic ring is 1. The maximum Gasteiger partial charge on any atom is 0.347 e. The van der Waals surface area contributed by atoms with Gasteiger partial charge in [0.05, 0.1) is 0 Å². The number of nitrogens with one attached hydrogen (secondary N) is 1. The highest BCUT2D eigenvalue weighted by molar-refractivity contribution is 7.57. The number of rotatable bonds is 1. The van der Waals surface area contributed by atoms with Crippen LogP contribution in [0.2, 0.25) is 0 Å². The molecule has 0 aliphatic heterocycles. The van der Waals surface area contributed by atoms with Crippen molar-refractivity contribution in [2.24, 2.45) is 5.73 Å². The standard InChI is InChI=1S/C2H3N6S2/c3-1(4)2-5-6-8(10)7(2)9/h(H3,3,4)/q-1. The molecular formula is C2H3N6S2-. The Bertz CT molecular complexity index is 265. The van der Waals surface area contributed by atoms with Crippen LogP contribution in [0.25, 0.3) is 0 Å². The summed E-state index contributed by atoms with van der Waals surface area (Å²) in [6.45, 7) is 0. The number of tetrazole rings is 1. The molecule has 10 heavy (non-hydrogen) atoms. The molecule has 0 aromatic carbocycles. The van der Waals surface area contributed by atoms with Gasteiger partial charge in [-0.3, -0.25) is 9.50 Å². The average Bonchev–Trinajstić information content (AvgIpc) is 2.14. The number of amidine groups is 1. The molecule has 0 aliphatic carbocycles. The Labute approximate surface area is 67.6 Å². The quantitative estimate of drug-likeness (QED) is 0.213. The van der Waals surface area contributed by atoms with Crippen LogP contribution in [0.3, 0.4) is 0 Å². The molecule has 0 saturated heterocycles. The lowest BCUT2D eigenvalue weighted by atomic mass is 10.6. The van der Waals surface area contributed by atoms with Crippen LogP contribution < -0.4 is 9.82 Å². The van der Waals surface area contributed by atoms with Crippen molar-refractivity contribution in [1.82, 2.24) is 14.5 Å². The van der Waals surface area contributed by atoms with Gasteiger partial charge < -0.3 is 31.4 Å². The van der Waals surface area contributed by atoms with Crippen LogP contribution in [0.5, 0.6) is 0 Å². The Morgan fingerprint density at radius 2 is 2.40 bits per heavy atom. The van der Waals surface area contributed by atoms with E-state index in [0.717, 1.165) is 8.29 Å². The predicted molar refractivity (Wildman–Crippen MR) is 36.8 cm³/mol. The number of nitrogens with two attached hydrogens (primary N) is 1. The van der Waals surface area contributed by atoms with Gasteiger partial charge in [-0.1, -0.05) is 0 Å². The zero-order valence-corrected chi connectivity index (χ0v) is 6.32. The summed E-state index contributed by atoms with van der Waals surface area (Å²) >= 11 is 9.18. The lowest BCUT2D eigenvalue weighted by Gasteiger charge is -2.08. The monoisotopic (exact) mass is 175 g/mol. The van der Waals surface area contributed by atoms with Crippen LogP contribution in [0.1, 0.15) is 5.82 Å². The molecule has 0 bridgehead atoms. The van der Waals surface area contributed by atoms with E-state index in [-0.39, 0.29) is 11.7 Å². The van der Waals surface area contributed by atoms with E-state index in [1.807, 2.05) is 0 Å². The Hall–Kier alpha value is -1.02. The Morgan fingerprint density at radius 3 is 2.60 bits per heavy atom. The summed E-state index contributed by atoms with van der Waals surface area (Å²) in [6, 6.07) is 0. The van der Waals surface area contributed by atoms with Gasteiger partial charge in [0.1, 0.15) is 5.10 Å². The number of aromatic nitrogens is 4. The molecule has 54 valence electrons. The van der Waals surface area contributed by atoms with Gasteiger partial charge in [0.2, 0.25) is 0 Å². The number of hydrogen-bond donors (Lipinski definition) is 2. The molecule has 1 aromatic heterocycles. The lowest BCUT2D eigenvalue weighted by molar-refractivity contribution is -0.577. The fraction of sp³-hybridized carbons (Fsp3) is 0. The first-order valence-corrected chi connectivity index (χ1v) is 2.93. The van der Waals surface area contributed by atoms with Crippen molar-refractivity contribution in [2.75, 3.05) is 0 Å². The Morgan fingerprint density at radius 1 is 1.80 bits per heavy atom. The molecule has 3 N–H and O–H groups in total. The first kappa shape index (κ1) is 7.09. The van der Waals surface area contributed by atoms with E-state index < -0.39 is 0 Å². The van der Waals surface area contributed by atoms with Crippen LogP contribution in [-0.4, -0.2) is 20.3 Å². The molecule has 1 heterocycles. The smallest absolute Gasteiger partial charge is 0.347 e. The third-order valence-electron chi connectivity index (χ3n) is 0.793. The zero-order valence-electron chi connectivity index (χ0n) is 4.68. The van der Waals surface area contributed by atoms with E-state index in [2.05, 4.69) is 35.9 Å². The second kappa shape index (κ2) is 2.31. The van der Waals surface area contributed by atoms with Gasteiger partial charge in [0, 0.05) is 0 Å². The predicted octanol–water partition coefficient (Wildman–Crippen LogP) is -2.53. The highest BCUT2D eigenvalue weighted by atomic mass is 32.1. The van der Waals surface area contributed by atoms with Crippen LogP contribution >= 0.6 is 0 Å². The maximum absolute atomic E-state index is 6.92. The minimum Gasteiger partial charge on any atom is -0.612 e. The van der Waals surface area contributed by atoms with Crippen molar-refractivity contribution < 1.29 is 4.09 Å². The van der Waals surface area contributed by atoms with Crippen molar-refractivity contribution in [1.29, 1.82) is 5.41 Å². The topological polar surface area (TPSA) is 84.5 Å². The highest BCUT2D eigenvalue weighted by Crippen LogP contribution is 1.76. The minimum atomic E-state index is -0.244. The van der Waals surface area contributed by atoms with E-state index >= 15 is 0 Å². The van der Waals surface area contributed by atoms with Crippen molar-refractivity contribution in [3.63, 3.8) is 0 Å². The maximum atomic E-state index is 6.92.